The Kier molecular flexibility index (Phi) is 3.68. The summed E-state index contributed by atoms with van der Waals surface area (Å²) in [5.74, 6) is 0. The second-order valence-corrected chi connectivity index (χ2v) is 5.69. The SMILES string of the molecule is CN(C)c1nc(=Nc2ccc([N+](=O)[O-])cc2)ss1. The first-order valence-electron chi connectivity index (χ1n) is 5.00. The van der Waals surface area contributed by atoms with E-state index in [1.54, 1.807) is 12.1 Å². The van der Waals surface area contributed by atoms with Crippen LogP contribution in [0.15, 0.2) is 29.3 Å². The number of hydrogen-bond donors (Lipinski definition) is 0. The first-order valence-corrected chi connectivity index (χ1v) is 7.15. The number of hydrogen-bond acceptors (Lipinski definition) is 7. The van der Waals surface area contributed by atoms with Crippen LogP contribution < -0.4 is 9.70 Å². The summed E-state index contributed by atoms with van der Waals surface area (Å²) in [6.45, 7) is 0. The summed E-state index contributed by atoms with van der Waals surface area (Å²) < 4.78 is 0. The van der Waals surface area contributed by atoms with Gasteiger partial charge < -0.3 is 4.90 Å². The van der Waals surface area contributed by atoms with Crippen LogP contribution in [0.3, 0.4) is 0 Å². The average Bonchev–Trinajstić information content (AvgIpc) is 2.78. The number of benzene rings is 1. The second kappa shape index (κ2) is 5.23. The van der Waals surface area contributed by atoms with Crippen molar-refractivity contribution in [3.05, 3.63) is 39.2 Å². The summed E-state index contributed by atoms with van der Waals surface area (Å²) in [5, 5.41) is 11.4. The number of non-ortho nitro benzene ring substituents is 1. The predicted octanol–water partition coefficient (Wildman–Crippen LogP) is 2.41. The molecule has 2 rings (SSSR count). The van der Waals surface area contributed by atoms with Crippen molar-refractivity contribution in [2.24, 2.45) is 4.99 Å². The van der Waals surface area contributed by atoms with E-state index in [4.69, 9.17) is 0 Å². The van der Waals surface area contributed by atoms with Crippen LogP contribution in [-0.4, -0.2) is 24.0 Å². The summed E-state index contributed by atoms with van der Waals surface area (Å²) in [6, 6.07) is 6.09. The van der Waals surface area contributed by atoms with Gasteiger partial charge in [0.2, 0.25) is 4.80 Å². The van der Waals surface area contributed by atoms with E-state index in [0.717, 1.165) is 5.13 Å². The van der Waals surface area contributed by atoms with Crippen LogP contribution in [0.4, 0.5) is 16.5 Å². The molecule has 1 aromatic heterocycles. The topological polar surface area (TPSA) is 71.6 Å². The molecule has 0 spiro atoms. The molecule has 94 valence electrons. The van der Waals surface area contributed by atoms with Crippen LogP contribution >= 0.6 is 20.7 Å². The van der Waals surface area contributed by atoms with E-state index in [1.807, 2.05) is 19.0 Å². The van der Waals surface area contributed by atoms with Crippen LogP contribution in [0, 0.1) is 10.1 Å². The Hall–Kier alpha value is -1.80. The van der Waals surface area contributed by atoms with Crippen molar-refractivity contribution >= 4 is 37.2 Å². The molecule has 0 N–H and O–H groups in total. The van der Waals surface area contributed by atoms with Crippen molar-refractivity contribution in [1.29, 1.82) is 0 Å². The second-order valence-electron chi connectivity index (χ2n) is 3.62. The van der Waals surface area contributed by atoms with Crippen molar-refractivity contribution in [1.82, 2.24) is 4.98 Å². The Labute approximate surface area is 110 Å². The Bertz CT molecular complexity index is 615. The molecule has 0 amide bonds. The smallest absolute Gasteiger partial charge is 0.269 e. The molecular formula is C10H10N4O2S2. The standard InChI is InChI=1S/C10H10N4O2S2/c1-13(2)10-12-9(17-18-10)11-7-3-5-8(6-4-7)14(15)16/h3-6H,1-2H3. The molecule has 0 saturated heterocycles. The quantitative estimate of drug-likeness (QED) is 0.492. The molecule has 1 aromatic carbocycles. The van der Waals surface area contributed by atoms with Crippen LogP contribution in [0.1, 0.15) is 0 Å². The third-order valence-electron chi connectivity index (χ3n) is 2.05. The van der Waals surface area contributed by atoms with Gasteiger partial charge in [0.15, 0.2) is 5.13 Å². The van der Waals surface area contributed by atoms with E-state index >= 15 is 0 Å². The molecule has 0 fully saturated rings. The highest BCUT2D eigenvalue weighted by Gasteiger charge is 2.04. The lowest BCUT2D eigenvalue weighted by Gasteiger charge is -2.03. The fourth-order valence-corrected chi connectivity index (χ4v) is 3.15. The van der Waals surface area contributed by atoms with Gasteiger partial charge in [-0.05, 0) is 32.8 Å². The summed E-state index contributed by atoms with van der Waals surface area (Å²) in [5.41, 5.74) is 0.720. The van der Waals surface area contributed by atoms with Gasteiger partial charge in [-0.3, -0.25) is 10.1 Å². The largest absolute Gasteiger partial charge is 0.353 e. The van der Waals surface area contributed by atoms with Crippen LogP contribution in [0.25, 0.3) is 0 Å². The van der Waals surface area contributed by atoms with E-state index < -0.39 is 4.92 Å². The molecule has 0 aliphatic carbocycles. The lowest BCUT2D eigenvalue weighted by molar-refractivity contribution is -0.384. The zero-order valence-corrected chi connectivity index (χ0v) is 11.4. The molecule has 18 heavy (non-hydrogen) atoms. The fraction of sp³-hybridized carbons (Fsp3) is 0.200. The number of rotatable bonds is 3. The molecule has 0 aliphatic heterocycles. The molecule has 0 saturated carbocycles. The molecule has 0 unspecified atom stereocenters. The molecule has 6 nitrogen and oxygen atoms in total. The monoisotopic (exact) mass is 282 g/mol. The maximum absolute atomic E-state index is 10.5. The number of anilines is 1. The molecule has 1 heterocycles. The van der Waals surface area contributed by atoms with Crippen LogP contribution in [0.5, 0.6) is 0 Å². The third-order valence-corrected chi connectivity index (χ3v) is 4.21. The van der Waals surface area contributed by atoms with E-state index in [-0.39, 0.29) is 5.69 Å². The van der Waals surface area contributed by atoms with Gasteiger partial charge in [0.05, 0.1) is 10.6 Å². The molecular weight excluding hydrogens is 272 g/mol. The molecule has 0 radical (unpaired) electrons. The number of nitrogens with zero attached hydrogens (tertiary/aromatic N) is 4. The number of nitro benzene ring substituents is 1. The van der Waals surface area contributed by atoms with E-state index in [2.05, 4.69) is 9.98 Å². The van der Waals surface area contributed by atoms with Crippen molar-refractivity contribution in [3.63, 3.8) is 0 Å². The van der Waals surface area contributed by atoms with Gasteiger partial charge in [-0.1, -0.05) is 0 Å². The fourth-order valence-electron chi connectivity index (χ4n) is 1.17. The molecule has 0 aliphatic rings. The molecule has 0 bridgehead atoms. The van der Waals surface area contributed by atoms with Crippen molar-refractivity contribution in [2.45, 2.75) is 0 Å². The van der Waals surface area contributed by atoms with Crippen LogP contribution in [-0.2, 0) is 0 Å². The highest BCUT2D eigenvalue weighted by atomic mass is 32.9. The maximum atomic E-state index is 10.5. The molecule has 0 atom stereocenters. The van der Waals surface area contributed by atoms with E-state index in [0.29, 0.717) is 10.5 Å². The van der Waals surface area contributed by atoms with Crippen molar-refractivity contribution < 1.29 is 4.92 Å². The first kappa shape index (κ1) is 12.7. The average molecular weight is 282 g/mol. The minimum absolute atomic E-state index is 0.0601. The van der Waals surface area contributed by atoms with Gasteiger partial charge in [0.1, 0.15) is 0 Å². The van der Waals surface area contributed by atoms with Gasteiger partial charge in [-0.15, -0.1) is 0 Å². The molecule has 2 aromatic rings. The van der Waals surface area contributed by atoms with Gasteiger partial charge >= 0.3 is 0 Å². The zero-order valence-electron chi connectivity index (χ0n) is 9.73. The Morgan fingerprint density at radius 1 is 1.28 bits per heavy atom. The van der Waals surface area contributed by atoms with Gasteiger partial charge in [0.25, 0.3) is 5.69 Å². The Morgan fingerprint density at radius 3 is 2.44 bits per heavy atom. The predicted molar refractivity (Wildman–Crippen MR) is 72.6 cm³/mol. The van der Waals surface area contributed by atoms with Crippen LogP contribution in [0.2, 0.25) is 0 Å². The number of nitro groups is 1. The zero-order chi connectivity index (χ0) is 13.1. The summed E-state index contributed by atoms with van der Waals surface area (Å²) in [4.78, 5) is 21.3. The van der Waals surface area contributed by atoms with Gasteiger partial charge in [-0.25, -0.2) is 4.99 Å². The normalized spacial score (nSPS) is 11.6. The third kappa shape index (κ3) is 2.90. The Morgan fingerprint density at radius 2 is 1.94 bits per heavy atom. The van der Waals surface area contributed by atoms with Crippen molar-refractivity contribution in [2.75, 3.05) is 19.0 Å². The lowest BCUT2D eigenvalue weighted by atomic mass is 10.3. The number of aromatic nitrogens is 1. The lowest BCUT2D eigenvalue weighted by Crippen LogP contribution is -2.10. The van der Waals surface area contributed by atoms with Gasteiger partial charge in [0, 0.05) is 26.2 Å². The van der Waals surface area contributed by atoms with E-state index in [1.165, 1.54) is 32.8 Å². The van der Waals surface area contributed by atoms with Gasteiger partial charge in [-0.2, -0.15) is 4.98 Å². The summed E-state index contributed by atoms with van der Waals surface area (Å²) in [6.07, 6.45) is 0. The summed E-state index contributed by atoms with van der Waals surface area (Å²) >= 11 is 0. The minimum atomic E-state index is -0.431. The highest BCUT2D eigenvalue weighted by Crippen LogP contribution is 2.19. The minimum Gasteiger partial charge on any atom is -0.353 e. The highest BCUT2D eigenvalue weighted by molar-refractivity contribution is 7.69. The van der Waals surface area contributed by atoms with Crippen molar-refractivity contribution in [3.8, 4) is 0 Å². The summed E-state index contributed by atoms with van der Waals surface area (Å²) in [7, 11) is 6.85. The first-order chi connectivity index (χ1) is 8.56. The van der Waals surface area contributed by atoms with E-state index in [9.17, 15) is 10.1 Å². The molecule has 8 heteroatoms. The Balaban J connectivity index is 2.29. The maximum Gasteiger partial charge on any atom is 0.269 e.